The van der Waals surface area contributed by atoms with E-state index in [2.05, 4.69) is 16.5 Å². The first-order valence-electron chi connectivity index (χ1n) is 8.08. The molecule has 1 saturated heterocycles. The van der Waals surface area contributed by atoms with Crippen LogP contribution in [0.25, 0.3) is 0 Å². The topological polar surface area (TPSA) is 49.4 Å². The van der Waals surface area contributed by atoms with Crippen molar-refractivity contribution in [3.63, 3.8) is 0 Å². The van der Waals surface area contributed by atoms with Gasteiger partial charge in [-0.2, -0.15) is 13.2 Å². The minimum atomic E-state index is -4.70. The molecule has 0 aliphatic carbocycles. The number of likely N-dealkylation sites (tertiary alicyclic amines) is 1. The SMILES string of the molecule is C[C@H]1CCCN(CCCNS(=O)(=O)c2ccccc2C(F)(F)F)C1. The Bertz CT molecular complexity index is 647. The van der Waals surface area contributed by atoms with Crippen molar-refractivity contribution in [3.8, 4) is 0 Å². The second-order valence-corrected chi connectivity index (χ2v) is 8.03. The maximum absolute atomic E-state index is 12.9. The Kier molecular flexibility index (Phi) is 6.28. The number of alkyl halides is 3. The summed E-state index contributed by atoms with van der Waals surface area (Å²) >= 11 is 0. The van der Waals surface area contributed by atoms with Crippen LogP contribution in [0.5, 0.6) is 0 Å². The fourth-order valence-corrected chi connectivity index (χ4v) is 4.31. The lowest BCUT2D eigenvalue weighted by Crippen LogP contribution is -2.36. The Morgan fingerprint density at radius 2 is 2.00 bits per heavy atom. The smallest absolute Gasteiger partial charge is 0.303 e. The highest BCUT2D eigenvalue weighted by molar-refractivity contribution is 7.89. The summed E-state index contributed by atoms with van der Waals surface area (Å²) in [5.41, 5.74) is -1.14. The molecule has 1 aromatic rings. The summed E-state index contributed by atoms with van der Waals surface area (Å²) in [6, 6.07) is 4.24. The van der Waals surface area contributed by atoms with Gasteiger partial charge in [-0.25, -0.2) is 13.1 Å². The van der Waals surface area contributed by atoms with Crippen LogP contribution in [0.3, 0.4) is 0 Å². The Morgan fingerprint density at radius 3 is 2.67 bits per heavy atom. The highest BCUT2D eigenvalue weighted by atomic mass is 32.2. The molecule has 0 aromatic heterocycles. The maximum Gasteiger partial charge on any atom is 0.417 e. The molecule has 0 spiro atoms. The van der Waals surface area contributed by atoms with Crippen LogP contribution >= 0.6 is 0 Å². The van der Waals surface area contributed by atoms with Crippen LogP contribution in [-0.2, 0) is 16.2 Å². The number of rotatable bonds is 6. The average molecular weight is 364 g/mol. The zero-order chi connectivity index (χ0) is 17.8. The van der Waals surface area contributed by atoms with Crippen molar-refractivity contribution in [1.29, 1.82) is 0 Å². The summed E-state index contributed by atoms with van der Waals surface area (Å²) in [5, 5.41) is 0. The highest BCUT2D eigenvalue weighted by Crippen LogP contribution is 2.33. The molecule has 2 rings (SSSR count). The van der Waals surface area contributed by atoms with Crippen LogP contribution in [0.1, 0.15) is 31.7 Å². The number of benzene rings is 1. The Labute approximate surface area is 141 Å². The van der Waals surface area contributed by atoms with Crippen molar-refractivity contribution < 1.29 is 21.6 Å². The molecule has 1 atom stereocenters. The van der Waals surface area contributed by atoms with Crippen molar-refractivity contribution in [1.82, 2.24) is 9.62 Å². The van der Waals surface area contributed by atoms with Crippen molar-refractivity contribution in [2.24, 2.45) is 5.92 Å². The van der Waals surface area contributed by atoms with Crippen LogP contribution < -0.4 is 4.72 Å². The van der Waals surface area contributed by atoms with Gasteiger partial charge in [0.05, 0.1) is 10.5 Å². The standard InChI is InChI=1S/C16H23F3N2O2S/c1-13-6-4-10-21(12-13)11-5-9-20-24(22,23)15-8-3-2-7-14(15)16(17,18)19/h2-3,7-8,13,20H,4-6,9-12H2,1H3/t13-/m0/s1. The second-order valence-electron chi connectivity index (χ2n) is 6.29. The summed E-state index contributed by atoms with van der Waals surface area (Å²) in [7, 11) is -4.18. The second kappa shape index (κ2) is 7.84. The van der Waals surface area contributed by atoms with Crippen molar-refractivity contribution in [2.75, 3.05) is 26.2 Å². The quantitative estimate of drug-likeness (QED) is 0.789. The maximum atomic E-state index is 12.9. The van der Waals surface area contributed by atoms with Gasteiger partial charge in [0.15, 0.2) is 0 Å². The van der Waals surface area contributed by atoms with Crippen LogP contribution in [-0.4, -0.2) is 39.5 Å². The van der Waals surface area contributed by atoms with E-state index in [4.69, 9.17) is 0 Å². The van der Waals surface area contributed by atoms with Crippen LogP contribution in [0.4, 0.5) is 13.2 Å². The third-order valence-corrected chi connectivity index (χ3v) is 5.69. The van der Waals surface area contributed by atoms with Crippen molar-refractivity contribution >= 4 is 10.0 Å². The summed E-state index contributed by atoms with van der Waals surface area (Å²) in [6.45, 7) is 5.04. The fraction of sp³-hybridized carbons (Fsp3) is 0.625. The largest absolute Gasteiger partial charge is 0.417 e. The third kappa shape index (κ3) is 5.19. The van der Waals surface area contributed by atoms with Gasteiger partial charge in [0.2, 0.25) is 10.0 Å². The Balaban J connectivity index is 1.92. The number of sulfonamides is 1. The zero-order valence-electron chi connectivity index (χ0n) is 13.6. The van der Waals surface area contributed by atoms with E-state index < -0.39 is 26.7 Å². The van der Waals surface area contributed by atoms with E-state index >= 15 is 0 Å². The number of nitrogens with one attached hydrogen (secondary N) is 1. The Morgan fingerprint density at radius 1 is 1.29 bits per heavy atom. The van der Waals surface area contributed by atoms with Gasteiger partial charge in [0.25, 0.3) is 0 Å². The monoisotopic (exact) mass is 364 g/mol. The molecular formula is C16H23F3N2O2S. The van der Waals surface area contributed by atoms with Gasteiger partial charge in [-0.1, -0.05) is 19.1 Å². The van der Waals surface area contributed by atoms with Gasteiger partial charge >= 0.3 is 6.18 Å². The van der Waals surface area contributed by atoms with Crippen molar-refractivity contribution in [3.05, 3.63) is 29.8 Å². The first-order valence-corrected chi connectivity index (χ1v) is 9.57. The minimum Gasteiger partial charge on any atom is -0.303 e. The molecule has 0 unspecified atom stereocenters. The van der Waals surface area contributed by atoms with Gasteiger partial charge in [0.1, 0.15) is 0 Å². The summed E-state index contributed by atoms with van der Waals surface area (Å²) in [4.78, 5) is 1.55. The molecule has 0 saturated carbocycles. The number of hydrogen-bond donors (Lipinski definition) is 1. The molecule has 24 heavy (non-hydrogen) atoms. The zero-order valence-corrected chi connectivity index (χ0v) is 14.5. The van der Waals surface area contributed by atoms with Gasteiger partial charge in [-0.3, -0.25) is 0 Å². The summed E-state index contributed by atoms with van der Waals surface area (Å²) in [5.74, 6) is 0.633. The summed E-state index contributed by atoms with van der Waals surface area (Å²) < 4.78 is 65.5. The molecule has 1 aliphatic heterocycles. The lowest BCUT2D eigenvalue weighted by molar-refractivity contribution is -0.139. The fourth-order valence-electron chi connectivity index (χ4n) is 3.01. The third-order valence-electron chi connectivity index (χ3n) is 4.17. The van der Waals surface area contributed by atoms with E-state index in [-0.39, 0.29) is 6.54 Å². The van der Waals surface area contributed by atoms with E-state index in [1.165, 1.54) is 18.6 Å². The molecule has 0 amide bonds. The molecule has 1 aliphatic rings. The van der Waals surface area contributed by atoms with E-state index in [9.17, 15) is 21.6 Å². The van der Waals surface area contributed by atoms with E-state index in [1.54, 1.807) is 0 Å². The Hall–Kier alpha value is -1.12. The highest BCUT2D eigenvalue weighted by Gasteiger charge is 2.36. The van der Waals surface area contributed by atoms with Crippen LogP contribution in [0.2, 0.25) is 0 Å². The molecule has 1 heterocycles. The lowest BCUT2D eigenvalue weighted by Gasteiger charge is -2.30. The van der Waals surface area contributed by atoms with Crippen LogP contribution in [0.15, 0.2) is 29.2 Å². The summed E-state index contributed by atoms with van der Waals surface area (Å²) in [6.07, 6.45) is -1.79. The van der Waals surface area contributed by atoms with Crippen molar-refractivity contribution in [2.45, 2.75) is 37.3 Å². The number of piperidine rings is 1. The molecule has 136 valence electrons. The van der Waals surface area contributed by atoms with E-state index in [0.717, 1.165) is 38.2 Å². The lowest BCUT2D eigenvalue weighted by atomic mass is 10.0. The number of hydrogen-bond acceptors (Lipinski definition) is 3. The number of halogens is 3. The molecule has 1 N–H and O–H groups in total. The normalized spacial score (nSPS) is 20.2. The molecule has 1 fully saturated rings. The number of nitrogens with zero attached hydrogens (tertiary/aromatic N) is 1. The van der Waals surface area contributed by atoms with E-state index in [0.29, 0.717) is 12.3 Å². The minimum absolute atomic E-state index is 0.124. The van der Waals surface area contributed by atoms with Gasteiger partial charge in [0, 0.05) is 13.1 Å². The molecule has 8 heteroatoms. The average Bonchev–Trinajstić information content (AvgIpc) is 2.51. The van der Waals surface area contributed by atoms with Crippen LogP contribution in [0, 0.1) is 5.92 Å². The van der Waals surface area contributed by atoms with Gasteiger partial charge < -0.3 is 4.90 Å². The van der Waals surface area contributed by atoms with Gasteiger partial charge in [-0.05, 0) is 50.4 Å². The first kappa shape index (κ1) is 19.2. The van der Waals surface area contributed by atoms with Gasteiger partial charge in [-0.15, -0.1) is 0 Å². The molecule has 0 radical (unpaired) electrons. The first-order chi connectivity index (χ1) is 11.2. The molecular weight excluding hydrogens is 341 g/mol. The molecule has 4 nitrogen and oxygen atoms in total. The predicted octanol–water partition coefficient (Wildman–Crippen LogP) is 3.11. The molecule has 1 aromatic carbocycles. The molecule has 0 bridgehead atoms. The van der Waals surface area contributed by atoms with E-state index in [1.807, 2.05) is 0 Å². The predicted molar refractivity (Wildman–Crippen MR) is 86.1 cm³/mol.